The van der Waals surface area contributed by atoms with Crippen LogP contribution in [-0.2, 0) is 0 Å². The molecule has 0 aliphatic heterocycles. The zero-order valence-corrected chi connectivity index (χ0v) is 12.3. The number of alkyl halides is 3. The van der Waals surface area contributed by atoms with Gasteiger partial charge in [0.05, 0.1) is 0 Å². The van der Waals surface area contributed by atoms with Crippen LogP contribution < -0.4 is 15.5 Å². The van der Waals surface area contributed by atoms with E-state index in [9.17, 15) is 13.2 Å². The van der Waals surface area contributed by atoms with Gasteiger partial charge in [-0.1, -0.05) is 0 Å². The molecular weight excluding hydrogens is 293 g/mol. The van der Waals surface area contributed by atoms with E-state index in [-0.39, 0.29) is 30.0 Å². The Morgan fingerprint density at radius 1 is 1.10 bits per heavy atom. The summed E-state index contributed by atoms with van der Waals surface area (Å²) in [5.41, 5.74) is -4.22. The Hall–Kier alpha value is -1.45. The summed E-state index contributed by atoms with van der Waals surface area (Å²) in [7, 11) is 3.54. The van der Waals surface area contributed by atoms with E-state index >= 15 is 0 Å². The molecule has 1 rings (SSSR count). The maximum absolute atomic E-state index is 12.0. The zero-order chi connectivity index (χ0) is 15.2. The van der Waals surface area contributed by atoms with Crippen molar-refractivity contribution in [2.24, 2.45) is 0 Å². The van der Waals surface area contributed by atoms with Crippen molar-refractivity contribution in [3.63, 3.8) is 0 Å². The average molecular weight is 310 g/mol. The van der Waals surface area contributed by atoms with Crippen LogP contribution in [0.3, 0.4) is 0 Å². The number of rotatable bonds is 7. The summed E-state index contributed by atoms with van der Waals surface area (Å²) < 4.78 is 36.0. The van der Waals surface area contributed by atoms with Crippen molar-refractivity contribution < 1.29 is 13.2 Å². The third-order valence-electron chi connectivity index (χ3n) is 2.01. The van der Waals surface area contributed by atoms with Gasteiger partial charge < -0.3 is 15.5 Å². The topological polar surface area (TPSA) is 66.0 Å². The second kappa shape index (κ2) is 7.36. The Labute approximate surface area is 119 Å². The van der Waals surface area contributed by atoms with Crippen LogP contribution in [0.5, 0.6) is 0 Å². The molecule has 1 aromatic heterocycles. The molecule has 0 bridgehead atoms. The summed E-state index contributed by atoms with van der Waals surface area (Å²) in [6, 6.07) is 0. The number of aromatic nitrogens is 3. The minimum atomic E-state index is -4.22. The number of hydrogen-bond donors (Lipinski definition) is 2. The van der Waals surface area contributed by atoms with E-state index in [2.05, 4.69) is 25.6 Å². The van der Waals surface area contributed by atoms with Gasteiger partial charge in [-0.05, 0) is 18.7 Å². The van der Waals surface area contributed by atoms with Crippen molar-refractivity contribution in [3.05, 3.63) is 0 Å². The Balaban J connectivity index is 2.64. The molecule has 0 amide bonds. The molecule has 0 aliphatic carbocycles. The highest BCUT2D eigenvalue weighted by Crippen LogP contribution is 2.29. The molecule has 20 heavy (non-hydrogen) atoms. The molecule has 0 atom stereocenters. The maximum atomic E-state index is 12.0. The van der Waals surface area contributed by atoms with E-state index in [1.165, 1.54) is 0 Å². The molecule has 6 nitrogen and oxygen atoms in total. The van der Waals surface area contributed by atoms with Crippen molar-refractivity contribution in [2.45, 2.75) is 12.4 Å². The molecule has 114 valence electrons. The van der Waals surface area contributed by atoms with E-state index < -0.39 is 5.51 Å². The molecule has 0 saturated carbocycles. The van der Waals surface area contributed by atoms with Gasteiger partial charge in [0.2, 0.25) is 17.8 Å². The Morgan fingerprint density at radius 3 is 2.20 bits per heavy atom. The van der Waals surface area contributed by atoms with Crippen LogP contribution in [-0.4, -0.2) is 53.4 Å². The molecule has 0 aliphatic rings. The lowest BCUT2D eigenvalue weighted by Crippen LogP contribution is -2.18. The molecule has 0 spiro atoms. The number of thioether (sulfide) groups is 1. The lowest BCUT2D eigenvalue weighted by Gasteiger charge is -2.13. The summed E-state index contributed by atoms with van der Waals surface area (Å²) in [5, 5.41) is 5.71. The number of hydrogen-bond acceptors (Lipinski definition) is 7. The van der Waals surface area contributed by atoms with Crippen LogP contribution in [0.15, 0.2) is 0 Å². The fourth-order valence-electron chi connectivity index (χ4n) is 1.21. The molecule has 0 radical (unpaired) electrons. The molecule has 0 saturated heterocycles. The lowest BCUT2D eigenvalue weighted by molar-refractivity contribution is -0.0327. The fraction of sp³-hybridized carbons (Fsp3) is 0.700. The predicted molar refractivity (Wildman–Crippen MR) is 75.3 cm³/mol. The summed E-state index contributed by atoms with van der Waals surface area (Å²) in [6.07, 6.45) is 0. The van der Waals surface area contributed by atoms with Gasteiger partial charge in [-0.15, -0.1) is 0 Å². The molecule has 0 aromatic carbocycles. The first kappa shape index (κ1) is 16.6. The highest BCUT2D eigenvalue weighted by atomic mass is 32.2. The SMILES string of the molecule is CCNc1nc(NCCSC(F)(F)F)nc(N(C)C)n1. The van der Waals surface area contributed by atoms with E-state index in [4.69, 9.17) is 0 Å². The van der Waals surface area contributed by atoms with Gasteiger partial charge in [0.1, 0.15) is 0 Å². The summed E-state index contributed by atoms with van der Waals surface area (Å²) >= 11 is -0.0819. The van der Waals surface area contributed by atoms with Crippen LogP contribution in [0.4, 0.5) is 31.0 Å². The first-order chi connectivity index (χ1) is 9.31. The normalized spacial score (nSPS) is 11.3. The van der Waals surface area contributed by atoms with Crippen molar-refractivity contribution in [1.29, 1.82) is 0 Å². The van der Waals surface area contributed by atoms with Crippen molar-refractivity contribution in [3.8, 4) is 0 Å². The van der Waals surface area contributed by atoms with Crippen molar-refractivity contribution in [1.82, 2.24) is 15.0 Å². The Morgan fingerprint density at radius 2 is 1.70 bits per heavy atom. The number of nitrogens with zero attached hydrogens (tertiary/aromatic N) is 4. The average Bonchev–Trinajstić information content (AvgIpc) is 2.33. The monoisotopic (exact) mass is 310 g/mol. The van der Waals surface area contributed by atoms with Gasteiger partial charge in [-0.2, -0.15) is 28.1 Å². The fourth-order valence-corrected chi connectivity index (χ4v) is 1.65. The molecular formula is C10H17F3N6S. The number of nitrogens with one attached hydrogen (secondary N) is 2. The second-order valence-corrected chi connectivity index (χ2v) is 5.09. The molecule has 0 fully saturated rings. The molecule has 0 unspecified atom stereocenters. The van der Waals surface area contributed by atoms with Gasteiger partial charge in [-0.25, -0.2) is 0 Å². The van der Waals surface area contributed by atoms with Crippen molar-refractivity contribution >= 4 is 29.6 Å². The smallest absolute Gasteiger partial charge is 0.354 e. The van der Waals surface area contributed by atoms with Gasteiger partial charge in [0.25, 0.3) is 0 Å². The highest BCUT2D eigenvalue weighted by Gasteiger charge is 2.27. The van der Waals surface area contributed by atoms with Crippen LogP contribution in [0.1, 0.15) is 6.92 Å². The minimum Gasteiger partial charge on any atom is -0.354 e. The van der Waals surface area contributed by atoms with Crippen LogP contribution in [0, 0.1) is 0 Å². The standard InChI is InChI=1S/C10H17F3N6S/c1-4-14-7-16-8(18-9(17-7)19(2)3)15-5-6-20-10(11,12)13/h4-6H2,1-3H3,(H2,14,15,16,17,18). The lowest BCUT2D eigenvalue weighted by atomic mass is 10.7. The van der Waals surface area contributed by atoms with Gasteiger partial charge in [-0.3, -0.25) is 0 Å². The molecule has 1 heterocycles. The number of halogens is 3. The van der Waals surface area contributed by atoms with Crippen LogP contribution >= 0.6 is 11.8 Å². The van der Waals surface area contributed by atoms with Crippen LogP contribution in [0.2, 0.25) is 0 Å². The Kier molecular flexibility index (Phi) is 6.11. The van der Waals surface area contributed by atoms with Crippen molar-refractivity contribution in [2.75, 3.05) is 48.5 Å². The predicted octanol–water partition coefficient (Wildman–Crippen LogP) is 2.03. The van der Waals surface area contributed by atoms with Gasteiger partial charge in [0, 0.05) is 32.9 Å². The zero-order valence-electron chi connectivity index (χ0n) is 11.5. The highest BCUT2D eigenvalue weighted by molar-refractivity contribution is 8.00. The molecule has 2 N–H and O–H groups in total. The third kappa shape index (κ3) is 6.13. The maximum Gasteiger partial charge on any atom is 0.441 e. The van der Waals surface area contributed by atoms with Gasteiger partial charge in [0.15, 0.2) is 0 Å². The minimum absolute atomic E-state index is 0.0819. The van der Waals surface area contributed by atoms with E-state index in [0.717, 1.165) is 0 Å². The van der Waals surface area contributed by atoms with Gasteiger partial charge >= 0.3 is 5.51 Å². The number of anilines is 3. The van der Waals surface area contributed by atoms with Crippen LogP contribution in [0.25, 0.3) is 0 Å². The largest absolute Gasteiger partial charge is 0.441 e. The van der Waals surface area contributed by atoms with E-state index in [1.54, 1.807) is 19.0 Å². The molecule has 1 aromatic rings. The van der Waals surface area contributed by atoms with E-state index in [0.29, 0.717) is 18.4 Å². The quantitative estimate of drug-likeness (QED) is 0.747. The first-order valence-electron chi connectivity index (χ1n) is 5.93. The van der Waals surface area contributed by atoms with E-state index in [1.807, 2.05) is 6.92 Å². The Bertz CT molecular complexity index is 426. The third-order valence-corrected chi connectivity index (χ3v) is 2.74. The summed E-state index contributed by atoms with van der Waals surface area (Å²) in [4.78, 5) is 14.0. The second-order valence-electron chi connectivity index (χ2n) is 3.93. The molecule has 10 heteroatoms. The summed E-state index contributed by atoms with van der Waals surface area (Å²) in [5.74, 6) is 0.963. The first-order valence-corrected chi connectivity index (χ1v) is 6.92. The summed E-state index contributed by atoms with van der Waals surface area (Å²) in [6.45, 7) is 2.65.